The van der Waals surface area contributed by atoms with Crippen LogP contribution in [0.5, 0.6) is 0 Å². The summed E-state index contributed by atoms with van der Waals surface area (Å²) < 4.78 is 0. The van der Waals surface area contributed by atoms with Gasteiger partial charge in [0.05, 0.1) is 17.9 Å². The van der Waals surface area contributed by atoms with Crippen LogP contribution in [0.3, 0.4) is 0 Å². The van der Waals surface area contributed by atoms with Gasteiger partial charge in [0.1, 0.15) is 6.04 Å². The first-order valence-corrected chi connectivity index (χ1v) is 7.90. The molecular formula is C18H19ClN2O. The first-order valence-electron chi connectivity index (χ1n) is 7.52. The molecule has 22 heavy (non-hydrogen) atoms. The van der Waals surface area contributed by atoms with E-state index in [1.165, 1.54) is 5.56 Å². The summed E-state index contributed by atoms with van der Waals surface area (Å²) >= 11 is 6.26. The monoisotopic (exact) mass is 314 g/mol. The van der Waals surface area contributed by atoms with Gasteiger partial charge in [0.25, 0.3) is 0 Å². The largest absolute Gasteiger partial charge is 0.372 e. The number of carbonyl (C=O) groups is 1. The lowest BCUT2D eigenvalue weighted by molar-refractivity contribution is -0.119. The highest BCUT2D eigenvalue weighted by molar-refractivity contribution is 6.31. The lowest BCUT2D eigenvalue weighted by Gasteiger charge is -2.35. The quantitative estimate of drug-likeness (QED) is 0.911. The van der Waals surface area contributed by atoms with Crippen molar-refractivity contribution >= 4 is 28.9 Å². The Morgan fingerprint density at radius 2 is 2.00 bits per heavy atom. The number of amides is 1. The summed E-state index contributed by atoms with van der Waals surface area (Å²) in [4.78, 5) is 14.6. The fourth-order valence-corrected chi connectivity index (χ4v) is 2.99. The normalized spacial score (nSPS) is 17.1. The van der Waals surface area contributed by atoms with E-state index in [1.807, 2.05) is 48.2 Å². The zero-order valence-corrected chi connectivity index (χ0v) is 13.5. The molecule has 4 heteroatoms. The van der Waals surface area contributed by atoms with Gasteiger partial charge in [-0.05, 0) is 42.7 Å². The summed E-state index contributed by atoms with van der Waals surface area (Å²) in [5, 5.41) is 4.03. The first-order chi connectivity index (χ1) is 10.6. The number of rotatable bonds is 3. The molecule has 0 bridgehead atoms. The molecule has 3 nitrogen and oxygen atoms in total. The highest BCUT2D eigenvalue weighted by atomic mass is 35.5. The third-order valence-electron chi connectivity index (χ3n) is 4.03. The molecule has 1 unspecified atom stereocenters. The van der Waals surface area contributed by atoms with Gasteiger partial charge in [0.2, 0.25) is 5.91 Å². The Labute approximate surface area is 135 Å². The molecule has 1 heterocycles. The van der Waals surface area contributed by atoms with Crippen molar-refractivity contribution in [2.45, 2.75) is 32.9 Å². The minimum atomic E-state index is -0.184. The number of halogens is 1. The number of fused-ring (bicyclic) bond motifs is 1. The number of carbonyl (C=O) groups excluding carboxylic acids is 1. The van der Waals surface area contributed by atoms with Gasteiger partial charge >= 0.3 is 0 Å². The van der Waals surface area contributed by atoms with E-state index in [2.05, 4.69) is 18.3 Å². The molecule has 1 atom stereocenters. The number of hydrogen-bond donors (Lipinski definition) is 1. The maximum absolute atomic E-state index is 12.7. The second kappa shape index (κ2) is 6.01. The molecule has 2 aromatic carbocycles. The highest BCUT2D eigenvalue weighted by Gasteiger charge is 2.31. The van der Waals surface area contributed by atoms with Crippen LogP contribution < -0.4 is 10.2 Å². The van der Waals surface area contributed by atoms with E-state index in [-0.39, 0.29) is 11.9 Å². The zero-order chi connectivity index (χ0) is 15.7. The van der Waals surface area contributed by atoms with Crippen molar-refractivity contribution in [2.24, 2.45) is 0 Å². The molecule has 2 aromatic rings. The third-order valence-corrected chi connectivity index (χ3v) is 4.40. The molecule has 114 valence electrons. The molecular weight excluding hydrogens is 296 g/mol. The van der Waals surface area contributed by atoms with E-state index < -0.39 is 0 Å². The Morgan fingerprint density at radius 1 is 1.23 bits per heavy atom. The molecule has 1 aliphatic heterocycles. The van der Waals surface area contributed by atoms with Crippen molar-refractivity contribution < 1.29 is 4.79 Å². The number of anilines is 2. The van der Waals surface area contributed by atoms with Crippen LogP contribution in [0, 0.1) is 6.92 Å². The van der Waals surface area contributed by atoms with Gasteiger partial charge in [0.15, 0.2) is 0 Å². The second-order valence-corrected chi connectivity index (χ2v) is 6.05. The van der Waals surface area contributed by atoms with Crippen molar-refractivity contribution in [3.8, 4) is 0 Å². The Hall–Kier alpha value is -2.00. The van der Waals surface area contributed by atoms with Gasteiger partial charge < -0.3 is 10.2 Å². The highest BCUT2D eigenvalue weighted by Crippen LogP contribution is 2.34. The molecule has 1 amide bonds. The minimum absolute atomic E-state index is 0.0961. The van der Waals surface area contributed by atoms with E-state index in [0.717, 1.165) is 23.4 Å². The Morgan fingerprint density at radius 3 is 2.73 bits per heavy atom. The van der Waals surface area contributed by atoms with Gasteiger partial charge in [-0.2, -0.15) is 0 Å². The van der Waals surface area contributed by atoms with E-state index in [0.29, 0.717) is 11.6 Å². The number of nitrogens with one attached hydrogen (secondary N) is 1. The van der Waals surface area contributed by atoms with Crippen LogP contribution in [0.15, 0.2) is 42.5 Å². The summed E-state index contributed by atoms with van der Waals surface area (Å²) in [7, 11) is 0. The second-order valence-electron chi connectivity index (χ2n) is 5.64. The van der Waals surface area contributed by atoms with Crippen molar-refractivity contribution in [1.82, 2.24) is 0 Å². The van der Waals surface area contributed by atoms with Crippen LogP contribution in [0.2, 0.25) is 5.02 Å². The van der Waals surface area contributed by atoms with Crippen molar-refractivity contribution in [3.05, 3.63) is 58.6 Å². The van der Waals surface area contributed by atoms with Crippen molar-refractivity contribution in [2.75, 3.05) is 10.2 Å². The van der Waals surface area contributed by atoms with E-state index >= 15 is 0 Å². The molecule has 0 aromatic heterocycles. The average Bonchev–Trinajstić information content (AvgIpc) is 2.51. The number of nitrogens with zero attached hydrogens (tertiary/aromatic N) is 1. The van der Waals surface area contributed by atoms with Gasteiger partial charge in [-0.3, -0.25) is 4.79 Å². The Balaban J connectivity index is 2.01. The van der Waals surface area contributed by atoms with Crippen LogP contribution >= 0.6 is 11.6 Å². The zero-order valence-electron chi connectivity index (χ0n) is 12.8. The minimum Gasteiger partial charge on any atom is -0.372 e. The van der Waals surface area contributed by atoms with Gasteiger partial charge in [0, 0.05) is 5.02 Å². The lowest BCUT2D eigenvalue weighted by Crippen LogP contribution is -2.46. The molecule has 0 saturated carbocycles. The predicted octanol–water partition coefficient (Wildman–Crippen LogP) is 4.39. The summed E-state index contributed by atoms with van der Waals surface area (Å²) in [6.45, 7) is 4.56. The third kappa shape index (κ3) is 2.69. The maximum Gasteiger partial charge on any atom is 0.249 e. The van der Waals surface area contributed by atoms with Crippen LogP contribution in [-0.4, -0.2) is 11.9 Å². The van der Waals surface area contributed by atoms with Gasteiger partial charge in [-0.25, -0.2) is 0 Å². The summed E-state index contributed by atoms with van der Waals surface area (Å²) in [6.07, 6.45) is 0.755. The predicted molar refractivity (Wildman–Crippen MR) is 91.5 cm³/mol. The topological polar surface area (TPSA) is 32.3 Å². The molecule has 1 N–H and O–H groups in total. The maximum atomic E-state index is 12.7. The molecule has 3 rings (SSSR count). The fraction of sp³-hybridized carbons (Fsp3) is 0.278. The molecule has 1 aliphatic rings. The Bertz CT molecular complexity index is 714. The van der Waals surface area contributed by atoms with Gasteiger partial charge in [-0.15, -0.1) is 0 Å². The van der Waals surface area contributed by atoms with Crippen LogP contribution in [0.25, 0.3) is 0 Å². The molecule has 0 saturated heterocycles. The number of aryl methyl sites for hydroxylation is 1. The standard InChI is InChI=1S/C18H19ClN2O/c1-3-15-18(22)21(11-13-6-4-5-7-14(13)19)17-9-8-12(2)10-16(17)20-15/h4-10,15,20H,3,11H2,1-2H3. The van der Waals surface area contributed by atoms with Crippen molar-refractivity contribution in [1.29, 1.82) is 0 Å². The van der Waals surface area contributed by atoms with Crippen LogP contribution in [0.4, 0.5) is 11.4 Å². The Kier molecular flexibility index (Phi) is 4.08. The van der Waals surface area contributed by atoms with E-state index in [4.69, 9.17) is 11.6 Å². The van der Waals surface area contributed by atoms with Gasteiger partial charge in [-0.1, -0.05) is 42.8 Å². The number of hydrogen-bond acceptors (Lipinski definition) is 2. The average molecular weight is 315 g/mol. The molecule has 0 spiro atoms. The first kappa shape index (κ1) is 14.9. The lowest BCUT2D eigenvalue weighted by atomic mass is 10.0. The van der Waals surface area contributed by atoms with Crippen molar-refractivity contribution in [3.63, 3.8) is 0 Å². The SMILES string of the molecule is CCC1Nc2cc(C)ccc2N(Cc2ccccc2Cl)C1=O. The van der Waals surface area contributed by atoms with E-state index in [9.17, 15) is 4.79 Å². The smallest absolute Gasteiger partial charge is 0.249 e. The molecule has 0 radical (unpaired) electrons. The number of benzene rings is 2. The molecule has 0 fully saturated rings. The van der Waals surface area contributed by atoms with E-state index in [1.54, 1.807) is 0 Å². The van der Waals surface area contributed by atoms with Crippen LogP contribution in [0.1, 0.15) is 24.5 Å². The summed E-state index contributed by atoms with van der Waals surface area (Å²) in [5.41, 5.74) is 4.06. The summed E-state index contributed by atoms with van der Waals surface area (Å²) in [6, 6.07) is 13.6. The summed E-state index contributed by atoms with van der Waals surface area (Å²) in [5.74, 6) is 0.0961. The fourth-order valence-electron chi connectivity index (χ4n) is 2.79. The molecule has 0 aliphatic carbocycles. The van der Waals surface area contributed by atoms with Crippen LogP contribution in [-0.2, 0) is 11.3 Å².